The quantitative estimate of drug-likeness (QED) is 0.754. The van der Waals surface area contributed by atoms with Crippen LogP contribution in [0.4, 0.5) is 0 Å². The van der Waals surface area contributed by atoms with Crippen LogP contribution >= 0.6 is 11.6 Å². The summed E-state index contributed by atoms with van der Waals surface area (Å²) in [6.07, 6.45) is 5.39. The van der Waals surface area contributed by atoms with Crippen LogP contribution in [0.5, 0.6) is 0 Å². The van der Waals surface area contributed by atoms with Gasteiger partial charge in [-0.3, -0.25) is 5.10 Å². The molecule has 15 heavy (non-hydrogen) atoms. The number of hydrogen-bond acceptors (Lipinski definition) is 2. The zero-order chi connectivity index (χ0) is 10.3. The van der Waals surface area contributed by atoms with E-state index in [-0.39, 0.29) is 5.38 Å². The topological polar surface area (TPSA) is 41.8 Å². The van der Waals surface area contributed by atoms with Crippen molar-refractivity contribution in [2.45, 2.75) is 24.1 Å². The minimum atomic E-state index is 0.0441. The summed E-state index contributed by atoms with van der Waals surface area (Å²) >= 11 is 6.30. The smallest absolute Gasteiger partial charge is 0.107 e. The van der Waals surface area contributed by atoms with Gasteiger partial charge in [0.2, 0.25) is 0 Å². The first kappa shape index (κ1) is 9.04. The van der Waals surface area contributed by atoms with E-state index in [1.165, 1.54) is 0 Å². The Morgan fingerprint density at radius 1 is 1.53 bits per heavy atom. The number of halogens is 1. The van der Waals surface area contributed by atoms with Gasteiger partial charge in [0.25, 0.3) is 0 Å². The number of aromatic amines is 1. The van der Waals surface area contributed by atoms with Gasteiger partial charge in [-0.05, 0) is 25.0 Å². The molecule has 0 bridgehead atoms. The normalized spacial score (nSPS) is 25.1. The number of nitrogens with one attached hydrogen (secondary N) is 1. The van der Waals surface area contributed by atoms with Gasteiger partial charge < -0.3 is 4.42 Å². The molecule has 0 saturated heterocycles. The molecule has 3 nitrogen and oxygen atoms in total. The Morgan fingerprint density at radius 3 is 3.27 bits per heavy atom. The lowest BCUT2D eigenvalue weighted by molar-refractivity contribution is 0.428. The van der Waals surface area contributed by atoms with Gasteiger partial charge in [0.1, 0.15) is 5.76 Å². The average molecular weight is 223 g/mol. The van der Waals surface area contributed by atoms with Crippen LogP contribution < -0.4 is 0 Å². The first-order valence-corrected chi connectivity index (χ1v) is 5.48. The third-order valence-electron chi connectivity index (χ3n) is 2.98. The third kappa shape index (κ3) is 1.47. The Morgan fingerprint density at radius 2 is 2.47 bits per heavy atom. The second-order valence-corrected chi connectivity index (χ2v) is 4.45. The van der Waals surface area contributed by atoms with Crippen LogP contribution in [-0.2, 0) is 6.42 Å². The van der Waals surface area contributed by atoms with Crippen LogP contribution in [-0.4, -0.2) is 10.2 Å². The summed E-state index contributed by atoms with van der Waals surface area (Å²) < 4.78 is 5.42. The lowest BCUT2D eigenvalue weighted by Crippen LogP contribution is -2.13. The summed E-state index contributed by atoms with van der Waals surface area (Å²) in [6.45, 7) is 0. The molecule has 0 spiro atoms. The van der Waals surface area contributed by atoms with Gasteiger partial charge in [0.15, 0.2) is 0 Å². The first-order chi connectivity index (χ1) is 7.34. The molecule has 0 radical (unpaired) electrons. The number of alkyl halides is 1. The molecule has 1 aliphatic carbocycles. The minimum Gasteiger partial charge on any atom is -0.469 e. The van der Waals surface area contributed by atoms with Crippen molar-refractivity contribution in [2.24, 2.45) is 0 Å². The molecule has 0 saturated carbocycles. The highest BCUT2D eigenvalue weighted by molar-refractivity contribution is 6.21. The number of hydrogen-bond donors (Lipinski definition) is 1. The van der Waals surface area contributed by atoms with Gasteiger partial charge >= 0.3 is 0 Å². The molecule has 0 aliphatic heterocycles. The highest BCUT2D eigenvalue weighted by Gasteiger charge is 2.29. The Kier molecular flexibility index (Phi) is 2.06. The van der Waals surface area contributed by atoms with Gasteiger partial charge in [0, 0.05) is 17.2 Å². The SMILES string of the molecule is ClC1CC(c2ccco2)Cc2[nH]ncc21. The van der Waals surface area contributed by atoms with Gasteiger partial charge in [-0.25, -0.2) is 0 Å². The van der Waals surface area contributed by atoms with Crippen molar-refractivity contribution in [1.82, 2.24) is 10.2 Å². The zero-order valence-electron chi connectivity index (χ0n) is 8.11. The second kappa shape index (κ2) is 3.42. The number of furan rings is 1. The monoisotopic (exact) mass is 222 g/mol. The van der Waals surface area contributed by atoms with Gasteiger partial charge in [-0.2, -0.15) is 5.10 Å². The van der Waals surface area contributed by atoms with Gasteiger partial charge in [0.05, 0.1) is 17.8 Å². The summed E-state index contributed by atoms with van der Waals surface area (Å²) in [5, 5.41) is 7.08. The van der Waals surface area contributed by atoms with E-state index in [2.05, 4.69) is 10.2 Å². The van der Waals surface area contributed by atoms with Crippen molar-refractivity contribution in [3.05, 3.63) is 41.6 Å². The molecule has 4 heteroatoms. The van der Waals surface area contributed by atoms with Crippen molar-refractivity contribution in [2.75, 3.05) is 0 Å². The number of H-pyrrole nitrogens is 1. The van der Waals surface area contributed by atoms with Crippen molar-refractivity contribution in [3.8, 4) is 0 Å². The summed E-state index contributed by atoms with van der Waals surface area (Å²) in [4.78, 5) is 0. The van der Waals surface area contributed by atoms with E-state index in [4.69, 9.17) is 16.0 Å². The lowest BCUT2D eigenvalue weighted by Gasteiger charge is -2.23. The van der Waals surface area contributed by atoms with E-state index in [1.54, 1.807) is 6.26 Å². The van der Waals surface area contributed by atoms with E-state index in [0.29, 0.717) is 5.92 Å². The second-order valence-electron chi connectivity index (χ2n) is 3.92. The highest BCUT2D eigenvalue weighted by atomic mass is 35.5. The third-order valence-corrected chi connectivity index (χ3v) is 3.39. The predicted molar refractivity (Wildman–Crippen MR) is 57.0 cm³/mol. The molecule has 2 unspecified atom stereocenters. The van der Waals surface area contributed by atoms with E-state index in [9.17, 15) is 0 Å². The molecule has 0 aromatic carbocycles. The standard InChI is InChI=1S/C11H11ClN2O/c12-9-4-7(11-2-1-3-15-11)5-10-8(9)6-13-14-10/h1-3,6-7,9H,4-5H2,(H,13,14). The molecular formula is C11H11ClN2O. The maximum atomic E-state index is 6.30. The van der Waals surface area contributed by atoms with E-state index < -0.39 is 0 Å². The Hall–Kier alpha value is -1.22. The van der Waals surface area contributed by atoms with Crippen LogP contribution in [0.25, 0.3) is 0 Å². The molecule has 0 amide bonds. The van der Waals surface area contributed by atoms with Crippen molar-refractivity contribution < 1.29 is 4.42 Å². The van der Waals surface area contributed by atoms with Crippen LogP contribution in [0.2, 0.25) is 0 Å². The molecule has 78 valence electrons. The molecule has 2 aromatic heterocycles. The number of nitrogens with zero attached hydrogens (tertiary/aromatic N) is 1. The Labute approximate surface area is 92.4 Å². The van der Waals surface area contributed by atoms with Crippen LogP contribution in [0.1, 0.15) is 34.7 Å². The number of rotatable bonds is 1. The van der Waals surface area contributed by atoms with E-state index >= 15 is 0 Å². The maximum absolute atomic E-state index is 6.30. The Balaban J connectivity index is 1.93. The molecule has 2 heterocycles. The first-order valence-electron chi connectivity index (χ1n) is 5.04. The van der Waals surface area contributed by atoms with Crippen LogP contribution in [0, 0.1) is 0 Å². The average Bonchev–Trinajstić information content (AvgIpc) is 2.88. The summed E-state index contributed by atoms with van der Waals surface area (Å²) in [5.41, 5.74) is 2.28. The summed E-state index contributed by atoms with van der Waals surface area (Å²) in [6, 6.07) is 3.93. The van der Waals surface area contributed by atoms with Crippen LogP contribution in [0.3, 0.4) is 0 Å². The molecule has 1 N–H and O–H groups in total. The van der Waals surface area contributed by atoms with Crippen molar-refractivity contribution in [3.63, 3.8) is 0 Å². The van der Waals surface area contributed by atoms with Crippen molar-refractivity contribution in [1.29, 1.82) is 0 Å². The van der Waals surface area contributed by atoms with Gasteiger partial charge in [-0.1, -0.05) is 0 Å². The summed E-state index contributed by atoms with van der Waals surface area (Å²) in [5.74, 6) is 1.39. The van der Waals surface area contributed by atoms with E-state index in [1.807, 2.05) is 18.3 Å². The highest BCUT2D eigenvalue weighted by Crippen LogP contribution is 2.41. The zero-order valence-corrected chi connectivity index (χ0v) is 8.87. The van der Waals surface area contributed by atoms with E-state index in [0.717, 1.165) is 29.9 Å². The molecule has 1 aliphatic rings. The molecular weight excluding hydrogens is 212 g/mol. The fourth-order valence-electron chi connectivity index (χ4n) is 2.20. The molecule has 0 fully saturated rings. The predicted octanol–water partition coefficient (Wildman–Crippen LogP) is 3.01. The largest absolute Gasteiger partial charge is 0.469 e. The number of aromatic nitrogens is 2. The lowest BCUT2D eigenvalue weighted by atomic mass is 9.86. The Bertz CT molecular complexity index is 449. The van der Waals surface area contributed by atoms with Crippen molar-refractivity contribution >= 4 is 11.6 Å². The number of fused-ring (bicyclic) bond motifs is 1. The molecule has 2 aromatic rings. The van der Waals surface area contributed by atoms with Gasteiger partial charge in [-0.15, -0.1) is 11.6 Å². The fourth-order valence-corrected chi connectivity index (χ4v) is 2.61. The minimum absolute atomic E-state index is 0.0441. The summed E-state index contributed by atoms with van der Waals surface area (Å²) in [7, 11) is 0. The van der Waals surface area contributed by atoms with Crippen LogP contribution in [0.15, 0.2) is 29.0 Å². The maximum Gasteiger partial charge on any atom is 0.107 e. The molecule has 2 atom stereocenters. The fraction of sp³-hybridized carbons (Fsp3) is 0.364. The molecule has 3 rings (SSSR count).